The highest BCUT2D eigenvalue weighted by molar-refractivity contribution is 5.99. The Labute approximate surface area is 164 Å². The first-order valence-electron chi connectivity index (χ1n) is 8.81. The summed E-state index contributed by atoms with van der Waals surface area (Å²) in [4.78, 5) is 40.3. The highest BCUT2D eigenvalue weighted by Gasteiger charge is 2.35. The number of methoxy groups -OCH3 is 1. The summed E-state index contributed by atoms with van der Waals surface area (Å²) < 4.78 is 10.4. The molecule has 0 radical (unpaired) electrons. The molecular weight excluding hydrogens is 380 g/mol. The predicted molar refractivity (Wildman–Crippen MR) is 100 cm³/mol. The molecule has 1 aliphatic heterocycles. The van der Waals surface area contributed by atoms with Crippen LogP contribution in [0.3, 0.4) is 0 Å². The van der Waals surface area contributed by atoms with Gasteiger partial charge in [-0.2, -0.15) is 0 Å². The molecule has 1 fully saturated rings. The van der Waals surface area contributed by atoms with Crippen LogP contribution in [-0.4, -0.2) is 51.9 Å². The number of benzene rings is 1. The Morgan fingerprint density at radius 3 is 2.55 bits per heavy atom. The lowest BCUT2D eigenvalue weighted by atomic mass is 10.1. The smallest absolute Gasteiger partial charge is 0.433 e. The van der Waals surface area contributed by atoms with Gasteiger partial charge < -0.3 is 9.15 Å². The van der Waals surface area contributed by atoms with Gasteiger partial charge in [-0.05, 0) is 24.6 Å². The van der Waals surface area contributed by atoms with Crippen LogP contribution >= 0.6 is 0 Å². The van der Waals surface area contributed by atoms with E-state index in [1.807, 2.05) is 12.1 Å². The van der Waals surface area contributed by atoms with Crippen molar-refractivity contribution in [1.29, 1.82) is 0 Å². The Kier molecular flexibility index (Phi) is 4.59. The third kappa shape index (κ3) is 3.24. The van der Waals surface area contributed by atoms with Gasteiger partial charge in [-0.3, -0.25) is 19.7 Å². The van der Waals surface area contributed by atoms with E-state index in [2.05, 4.69) is 4.98 Å². The van der Waals surface area contributed by atoms with Gasteiger partial charge in [0, 0.05) is 24.5 Å². The standard InChI is InChI=1S/C19H16N4O6/c1-28-16-11-14(20-13-6-3-2-5-12(13)16)18(24)21-9-4-10-22(21)19(25)15-7-8-17(29-15)23(26)27/h2-3,5-8,11H,4,9-10H2,1H3. The molecule has 4 rings (SSSR count). The number of hydrogen-bond donors (Lipinski definition) is 0. The fourth-order valence-electron chi connectivity index (χ4n) is 3.26. The molecule has 10 heteroatoms. The number of amides is 2. The van der Waals surface area contributed by atoms with Gasteiger partial charge in [-0.1, -0.05) is 12.1 Å². The highest BCUT2D eigenvalue weighted by Crippen LogP contribution is 2.27. The number of hydrogen-bond acceptors (Lipinski definition) is 7. The number of nitrogens with zero attached hydrogens (tertiary/aromatic N) is 4. The molecule has 10 nitrogen and oxygen atoms in total. The second kappa shape index (κ2) is 7.23. The lowest BCUT2D eigenvalue weighted by Gasteiger charge is -2.26. The summed E-state index contributed by atoms with van der Waals surface area (Å²) in [5.74, 6) is -1.35. The van der Waals surface area contributed by atoms with E-state index >= 15 is 0 Å². The Morgan fingerprint density at radius 1 is 1.14 bits per heavy atom. The predicted octanol–water partition coefficient (Wildman–Crippen LogP) is 2.65. The van der Waals surface area contributed by atoms with Gasteiger partial charge in [0.15, 0.2) is 0 Å². The van der Waals surface area contributed by atoms with Crippen molar-refractivity contribution in [2.45, 2.75) is 6.42 Å². The number of aromatic nitrogens is 1. The molecule has 148 valence electrons. The van der Waals surface area contributed by atoms with Crippen LogP contribution in [0, 0.1) is 10.1 Å². The molecule has 1 aromatic carbocycles. The molecule has 3 aromatic rings. The van der Waals surface area contributed by atoms with Gasteiger partial charge in [-0.15, -0.1) is 0 Å². The summed E-state index contributed by atoms with van der Waals surface area (Å²) in [5, 5.41) is 14.0. The van der Waals surface area contributed by atoms with Crippen molar-refractivity contribution in [3.8, 4) is 5.75 Å². The second-order valence-corrected chi connectivity index (χ2v) is 6.33. The molecule has 2 aromatic heterocycles. The zero-order valence-corrected chi connectivity index (χ0v) is 15.4. The summed E-state index contributed by atoms with van der Waals surface area (Å²) in [7, 11) is 1.51. The van der Waals surface area contributed by atoms with E-state index < -0.39 is 22.6 Å². The minimum atomic E-state index is -0.727. The molecule has 0 bridgehead atoms. The summed E-state index contributed by atoms with van der Waals surface area (Å²) in [5.41, 5.74) is 0.722. The number of carbonyl (C=O) groups is 2. The first-order valence-corrected chi connectivity index (χ1v) is 8.81. The monoisotopic (exact) mass is 396 g/mol. The Bertz CT molecular complexity index is 1120. The van der Waals surface area contributed by atoms with Crippen LogP contribution in [0.4, 0.5) is 5.88 Å². The van der Waals surface area contributed by atoms with Crippen LogP contribution in [-0.2, 0) is 0 Å². The van der Waals surface area contributed by atoms with Gasteiger partial charge in [0.05, 0.1) is 18.7 Å². The maximum atomic E-state index is 13.1. The Morgan fingerprint density at radius 2 is 1.86 bits per heavy atom. The maximum absolute atomic E-state index is 13.1. The number of furan rings is 1. The Hall–Kier alpha value is -3.95. The van der Waals surface area contributed by atoms with E-state index in [-0.39, 0.29) is 18.0 Å². The molecule has 0 spiro atoms. The molecule has 1 saturated heterocycles. The van der Waals surface area contributed by atoms with Crippen LogP contribution in [0.25, 0.3) is 10.9 Å². The van der Waals surface area contributed by atoms with Crippen molar-refractivity contribution in [1.82, 2.24) is 15.0 Å². The quantitative estimate of drug-likeness (QED) is 0.491. The lowest BCUT2D eigenvalue weighted by molar-refractivity contribution is -0.402. The SMILES string of the molecule is COc1cc(C(=O)N2CCCN2C(=O)c2ccc([N+](=O)[O-])o2)nc2ccccc12. The van der Waals surface area contributed by atoms with Gasteiger partial charge in [0.1, 0.15) is 16.4 Å². The van der Waals surface area contributed by atoms with Gasteiger partial charge in [-0.25, -0.2) is 15.0 Å². The van der Waals surface area contributed by atoms with E-state index in [1.54, 1.807) is 12.1 Å². The number of nitro groups is 1. The number of para-hydroxylation sites is 1. The summed E-state index contributed by atoms with van der Waals surface area (Å²) in [6, 6.07) is 11.1. The maximum Gasteiger partial charge on any atom is 0.433 e. The normalized spacial score (nSPS) is 13.7. The number of hydrazine groups is 1. The first kappa shape index (κ1) is 18.4. The van der Waals surface area contributed by atoms with Crippen LogP contribution in [0.2, 0.25) is 0 Å². The summed E-state index contributed by atoms with van der Waals surface area (Å²) in [6.45, 7) is 0.591. The third-order valence-corrected chi connectivity index (χ3v) is 4.60. The van der Waals surface area contributed by atoms with Crippen molar-refractivity contribution in [2.24, 2.45) is 0 Å². The minimum absolute atomic E-state index is 0.130. The topological polar surface area (TPSA) is 119 Å². The molecule has 3 heterocycles. The van der Waals surface area contributed by atoms with Crippen molar-refractivity contribution >= 4 is 28.6 Å². The van der Waals surface area contributed by atoms with E-state index in [9.17, 15) is 19.7 Å². The van der Waals surface area contributed by atoms with E-state index in [1.165, 1.54) is 29.3 Å². The zero-order chi connectivity index (χ0) is 20.5. The zero-order valence-electron chi connectivity index (χ0n) is 15.4. The van der Waals surface area contributed by atoms with Crippen LogP contribution in [0.15, 0.2) is 46.9 Å². The van der Waals surface area contributed by atoms with Crippen LogP contribution in [0.5, 0.6) is 5.75 Å². The average molecular weight is 396 g/mol. The number of fused-ring (bicyclic) bond motifs is 1. The van der Waals surface area contributed by atoms with Crippen molar-refractivity contribution in [2.75, 3.05) is 20.2 Å². The lowest BCUT2D eigenvalue weighted by Crippen LogP contribution is -2.45. The molecule has 0 unspecified atom stereocenters. The molecule has 29 heavy (non-hydrogen) atoms. The van der Waals surface area contributed by atoms with E-state index in [4.69, 9.17) is 9.15 Å². The molecular formula is C19H16N4O6. The van der Waals surface area contributed by atoms with Crippen LogP contribution < -0.4 is 4.74 Å². The number of rotatable bonds is 4. The van der Waals surface area contributed by atoms with Crippen molar-refractivity contribution in [3.63, 3.8) is 0 Å². The van der Waals surface area contributed by atoms with Gasteiger partial charge in [0.25, 0.3) is 5.91 Å². The first-order chi connectivity index (χ1) is 14.0. The largest absolute Gasteiger partial charge is 0.496 e. The minimum Gasteiger partial charge on any atom is -0.496 e. The van der Waals surface area contributed by atoms with E-state index in [0.29, 0.717) is 24.2 Å². The Balaban J connectivity index is 1.64. The van der Waals surface area contributed by atoms with E-state index in [0.717, 1.165) is 11.5 Å². The fraction of sp³-hybridized carbons (Fsp3) is 0.211. The molecule has 1 aliphatic rings. The molecule has 2 amide bonds. The van der Waals surface area contributed by atoms with Gasteiger partial charge >= 0.3 is 11.8 Å². The highest BCUT2D eigenvalue weighted by atomic mass is 16.6. The fourth-order valence-corrected chi connectivity index (χ4v) is 3.26. The molecule has 0 N–H and O–H groups in total. The summed E-state index contributed by atoms with van der Waals surface area (Å²) in [6.07, 6.45) is 0.561. The van der Waals surface area contributed by atoms with Crippen molar-refractivity contribution < 1.29 is 23.7 Å². The molecule has 0 saturated carbocycles. The summed E-state index contributed by atoms with van der Waals surface area (Å²) >= 11 is 0. The number of pyridine rings is 1. The number of ether oxygens (including phenoxy) is 1. The van der Waals surface area contributed by atoms with Crippen molar-refractivity contribution in [3.05, 3.63) is 64.0 Å². The number of carbonyl (C=O) groups excluding carboxylic acids is 2. The third-order valence-electron chi connectivity index (χ3n) is 4.60. The second-order valence-electron chi connectivity index (χ2n) is 6.33. The van der Waals surface area contributed by atoms with Crippen LogP contribution in [0.1, 0.15) is 27.5 Å². The molecule has 0 aliphatic carbocycles. The average Bonchev–Trinajstić information content (AvgIpc) is 3.41. The van der Waals surface area contributed by atoms with Gasteiger partial charge in [0.2, 0.25) is 5.76 Å². The molecule has 0 atom stereocenters.